The number of sulfonamides is 1. The minimum Gasteiger partial charge on any atom is -0.398 e. The number of hydrogen-bond acceptors (Lipinski definition) is 5. The third-order valence-corrected chi connectivity index (χ3v) is 6.36. The molecule has 31 heavy (non-hydrogen) atoms. The Balaban J connectivity index is 1.99. The van der Waals surface area contributed by atoms with Crippen molar-refractivity contribution in [2.75, 3.05) is 32.9 Å². The van der Waals surface area contributed by atoms with Crippen LogP contribution in [0.2, 0.25) is 0 Å². The molecule has 0 heterocycles. The van der Waals surface area contributed by atoms with E-state index in [9.17, 15) is 13.2 Å². The summed E-state index contributed by atoms with van der Waals surface area (Å²) in [6.07, 6.45) is 0. The maximum atomic E-state index is 12.5. The van der Waals surface area contributed by atoms with Crippen molar-refractivity contribution in [1.82, 2.24) is 9.62 Å². The molecular weight excluding hydrogens is 412 g/mol. The number of anilines is 1. The third-order valence-electron chi connectivity index (χ3n) is 4.88. The summed E-state index contributed by atoms with van der Waals surface area (Å²) in [5.74, 6) is -0.624. The van der Waals surface area contributed by atoms with Crippen LogP contribution in [0.4, 0.5) is 5.69 Å². The van der Waals surface area contributed by atoms with Crippen LogP contribution >= 0.6 is 0 Å². The molecule has 0 radical (unpaired) electrons. The first-order valence-electron chi connectivity index (χ1n) is 9.72. The van der Waals surface area contributed by atoms with Crippen molar-refractivity contribution in [3.8, 4) is 22.3 Å². The van der Waals surface area contributed by atoms with Crippen LogP contribution in [0.15, 0.2) is 71.6 Å². The van der Waals surface area contributed by atoms with Crippen molar-refractivity contribution >= 4 is 21.6 Å². The van der Waals surface area contributed by atoms with Gasteiger partial charge in [-0.15, -0.1) is 0 Å². The van der Waals surface area contributed by atoms with E-state index >= 15 is 0 Å². The van der Waals surface area contributed by atoms with E-state index in [4.69, 9.17) is 11.5 Å². The first-order valence-corrected chi connectivity index (χ1v) is 11.2. The van der Waals surface area contributed by atoms with E-state index in [1.807, 2.05) is 55.4 Å². The molecule has 0 atom stereocenters. The number of nitrogen functional groups attached to an aromatic ring is 1. The largest absolute Gasteiger partial charge is 0.398 e. The second kappa shape index (κ2) is 9.30. The highest BCUT2D eigenvalue weighted by atomic mass is 32.2. The van der Waals surface area contributed by atoms with Gasteiger partial charge in [-0.25, -0.2) is 13.1 Å². The zero-order valence-corrected chi connectivity index (χ0v) is 18.3. The minimum atomic E-state index is -3.62. The smallest absolute Gasteiger partial charge is 0.250 e. The topological polar surface area (TPSA) is 119 Å². The lowest BCUT2D eigenvalue weighted by Gasteiger charge is -2.14. The van der Waals surface area contributed by atoms with Gasteiger partial charge < -0.3 is 16.4 Å². The number of benzene rings is 3. The number of carbonyl (C=O) groups is 1. The van der Waals surface area contributed by atoms with Crippen LogP contribution < -0.4 is 16.2 Å². The number of nitrogens with zero attached hydrogens (tertiary/aromatic N) is 1. The van der Waals surface area contributed by atoms with Crippen LogP contribution in [0.3, 0.4) is 0 Å². The van der Waals surface area contributed by atoms with E-state index in [0.29, 0.717) is 24.2 Å². The molecule has 0 aliphatic heterocycles. The number of hydrogen-bond donors (Lipinski definition) is 3. The molecule has 8 heteroatoms. The van der Waals surface area contributed by atoms with Gasteiger partial charge in [0.25, 0.3) is 5.91 Å². The van der Waals surface area contributed by atoms with Crippen LogP contribution in [-0.4, -0.2) is 46.4 Å². The molecule has 1 amide bonds. The van der Waals surface area contributed by atoms with Gasteiger partial charge in [0, 0.05) is 18.7 Å². The zero-order valence-electron chi connectivity index (χ0n) is 17.5. The number of primary amides is 1. The molecule has 0 fully saturated rings. The molecule has 0 aliphatic rings. The molecule has 3 aromatic rings. The fourth-order valence-corrected chi connectivity index (χ4v) is 4.21. The van der Waals surface area contributed by atoms with E-state index in [2.05, 4.69) is 4.72 Å². The summed E-state index contributed by atoms with van der Waals surface area (Å²) in [4.78, 5) is 14.0. The molecule has 5 N–H and O–H groups in total. The molecule has 3 rings (SSSR count). The van der Waals surface area contributed by atoms with Gasteiger partial charge in [-0.1, -0.05) is 42.5 Å². The molecule has 0 aromatic heterocycles. The summed E-state index contributed by atoms with van der Waals surface area (Å²) >= 11 is 0. The normalized spacial score (nSPS) is 11.6. The average Bonchev–Trinajstić information content (AvgIpc) is 2.74. The summed E-state index contributed by atoms with van der Waals surface area (Å²) in [7, 11) is 0.125. The number of nitrogens with two attached hydrogens (primary N) is 2. The first kappa shape index (κ1) is 22.5. The number of rotatable bonds is 8. The summed E-state index contributed by atoms with van der Waals surface area (Å²) in [6.45, 7) is 0.904. The third kappa shape index (κ3) is 5.29. The Morgan fingerprint density at radius 1 is 0.935 bits per heavy atom. The van der Waals surface area contributed by atoms with Gasteiger partial charge in [-0.2, -0.15) is 0 Å². The van der Waals surface area contributed by atoms with Crippen LogP contribution in [0.25, 0.3) is 22.3 Å². The van der Waals surface area contributed by atoms with Gasteiger partial charge in [-0.3, -0.25) is 4.79 Å². The highest BCUT2D eigenvalue weighted by molar-refractivity contribution is 7.89. The predicted octanol–water partition coefficient (Wildman–Crippen LogP) is 2.54. The van der Waals surface area contributed by atoms with Crippen molar-refractivity contribution in [2.24, 2.45) is 5.73 Å². The minimum absolute atomic E-state index is 0.155. The standard InChI is InChI=1S/C23H26N4O3S/c1-27(2)13-12-26-31(29,30)19-10-8-17(9-11-19)20-14-18(16-6-4-3-5-7-16)15-21(22(20)24)23(25)28/h3-11,14-15,26H,12-13,24H2,1-2H3,(H2,25,28). The molecule has 3 aromatic carbocycles. The number of amides is 1. The van der Waals surface area contributed by atoms with Crippen LogP contribution in [0, 0.1) is 0 Å². The highest BCUT2D eigenvalue weighted by Gasteiger charge is 2.17. The maximum absolute atomic E-state index is 12.5. The summed E-state index contributed by atoms with van der Waals surface area (Å²) in [5.41, 5.74) is 15.3. The van der Waals surface area contributed by atoms with Crippen LogP contribution in [0.1, 0.15) is 10.4 Å². The van der Waals surface area contributed by atoms with Gasteiger partial charge in [0.15, 0.2) is 0 Å². The van der Waals surface area contributed by atoms with Gasteiger partial charge in [-0.05, 0) is 55.1 Å². The SMILES string of the molecule is CN(C)CCNS(=O)(=O)c1ccc(-c2cc(-c3ccccc3)cc(C(N)=O)c2N)cc1. The number of likely N-dealkylation sites (N-methyl/N-ethyl adjacent to an activating group) is 1. The van der Waals surface area contributed by atoms with Crippen LogP contribution in [-0.2, 0) is 10.0 Å². The lowest BCUT2D eigenvalue weighted by atomic mass is 9.94. The fraction of sp³-hybridized carbons (Fsp3) is 0.174. The van der Waals surface area contributed by atoms with E-state index < -0.39 is 15.9 Å². The molecule has 162 valence electrons. The molecule has 7 nitrogen and oxygen atoms in total. The van der Waals surface area contributed by atoms with Gasteiger partial charge in [0.05, 0.1) is 16.1 Å². The van der Waals surface area contributed by atoms with Gasteiger partial charge in [0.2, 0.25) is 10.0 Å². The molecule has 0 saturated carbocycles. The Kier molecular flexibility index (Phi) is 6.74. The molecule has 0 spiro atoms. The molecule has 0 unspecified atom stereocenters. The average molecular weight is 439 g/mol. The Hall–Kier alpha value is -3.20. The van der Waals surface area contributed by atoms with Crippen molar-refractivity contribution in [2.45, 2.75) is 4.90 Å². The molecule has 0 aliphatic carbocycles. The van der Waals surface area contributed by atoms with Gasteiger partial charge >= 0.3 is 0 Å². The monoisotopic (exact) mass is 438 g/mol. The number of nitrogens with one attached hydrogen (secondary N) is 1. The van der Waals surface area contributed by atoms with E-state index in [-0.39, 0.29) is 16.1 Å². The highest BCUT2D eigenvalue weighted by Crippen LogP contribution is 2.34. The van der Waals surface area contributed by atoms with E-state index in [1.54, 1.807) is 18.2 Å². The van der Waals surface area contributed by atoms with Crippen molar-refractivity contribution in [3.05, 3.63) is 72.3 Å². The van der Waals surface area contributed by atoms with Crippen molar-refractivity contribution in [3.63, 3.8) is 0 Å². The van der Waals surface area contributed by atoms with Crippen molar-refractivity contribution in [1.29, 1.82) is 0 Å². The first-order chi connectivity index (χ1) is 14.7. The Morgan fingerprint density at radius 3 is 2.16 bits per heavy atom. The maximum Gasteiger partial charge on any atom is 0.250 e. The molecule has 0 bridgehead atoms. The second-order valence-electron chi connectivity index (χ2n) is 7.44. The summed E-state index contributed by atoms with van der Waals surface area (Å²) < 4.78 is 27.6. The molecule has 0 saturated heterocycles. The van der Waals surface area contributed by atoms with Crippen molar-refractivity contribution < 1.29 is 13.2 Å². The lowest BCUT2D eigenvalue weighted by Crippen LogP contribution is -2.31. The second-order valence-corrected chi connectivity index (χ2v) is 9.21. The van der Waals surface area contributed by atoms with E-state index in [0.717, 1.165) is 11.1 Å². The summed E-state index contributed by atoms with van der Waals surface area (Å²) in [5, 5.41) is 0. The molecular formula is C23H26N4O3S. The van der Waals surface area contributed by atoms with E-state index in [1.165, 1.54) is 12.1 Å². The Labute approximate surface area is 182 Å². The predicted molar refractivity (Wildman–Crippen MR) is 124 cm³/mol. The fourth-order valence-electron chi connectivity index (χ4n) is 3.19. The van der Waals surface area contributed by atoms with Crippen LogP contribution in [0.5, 0.6) is 0 Å². The quantitative estimate of drug-likeness (QED) is 0.467. The zero-order chi connectivity index (χ0) is 22.6. The number of carbonyl (C=O) groups excluding carboxylic acids is 1. The Bertz CT molecular complexity index is 1180. The lowest BCUT2D eigenvalue weighted by molar-refractivity contribution is 0.100. The van der Waals surface area contributed by atoms with Gasteiger partial charge in [0.1, 0.15) is 0 Å². The summed E-state index contributed by atoms with van der Waals surface area (Å²) in [6, 6.07) is 19.5. The Morgan fingerprint density at radius 2 is 1.58 bits per heavy atom.